The lowest BCUT2D eigenvalue weighted by molar-refractivity contribution is 0.556. The van der Waals surface area contributed by atoms with Crippen LogP contribution in [0.3, 0.4) is 0 Å². The Morgan fingerprint density at radius 1 is 0.882 bits per heavy atom. The molecule has 0 unspecified atom stereocenters. The van der Waals surface area contributed by atoms with Crippen LogP contribution in [0.2, 0.25) is 0 Å². The normalized spacial score (nSPS) is 12.6. The standard InChI is InChI=1S/C16H25F/c1-10(2)12-9-15(17)13(11(3)4)8-14(12)16(5,6)7/h8-11H,1-7H3. The lowest BCUT2D eigenvalue weighted by Crippen LogP contribution is -2.16. The molecular weight excluding hydrogens is 211 g/mol. The second-order valence-corrected chi connectivity index (χ2v) is 6.52. The Bertz CT molecular complexity index is 395. The third kappa shape index (κ3) is 3.08. The minimum Gasteiger partial charge on any atom is -0.207 e. The van der Waals surface area contributed by atoms with E-state index in [0.29, 0.717) is 5.92 Å². The van der Waals surface area contributed by atoms with E-state index in [1.54, 1.807) is 6.07 Å². The lowest BCUT2D eigenvalue weighted by atomic mass is 9.79. The van der Waals surface area contributed by atoms with Gasteiger partial charge in [-0.1, -0.05) is 54.5 Å². The van der Waals surface area contributed by atoms with Gasteiger partial charge in [-0.25, -0.2) is 4.39 Å². The maximum Gasteiger partial charge on any atom is 0.126 e. The van der Waals surface area contributed by atoms with Gasteiger partial charge in [-0.15, -0.1) is 0 Å². The van der Waals surface area contributed by atoms with Crippen LogP contribution < -0.4 is 0 Å². The fraction of sp³-hybridized carbons (Fsp3) is 0.625. The molecule has 1 heteroatoms. The largest absolute Gasteiger partial charge is 0.207 e. The van der Waals surface area contributed by atoms with Gasteiger partial charge in [0.25, 0.3) is 0 Å². The SMILES string of the molecule is CC(C)c1cc(C(C)(C)C)c(C(C)C)cc1F. The molecule has 0 N–H and O–H groups in total. The molecule has 0 heterocycles. The summed E-state index contributed by atoms with van der Waals surface area (Å²) in [6.45, 7) is 14.9. The molecule has 0 aliphatic carbocycles. The van der Waals surface area contributed by atoms with Gasteiger partial charge in [-0.3, -0.25) is 0 Å². The number of rotatable bonds is 2. The Morgan fingerprint density at radius 2 is 1.35 bits per heavy atom. The molecule has 0 spiro atoms. The maximum absolute atomic E-state index is 14.0. The van der Waals surface area contributed by atoms with Gasteiger partial charge >= 0.3 is 0 Å². The molecule has 0 nitrogen and oxygen atoms in total. The molecule has 0 amide bonds. The fourth-order valence-corrected chi connectivity index (χ4v) is 2.18. The molecule has 0 aromatic heterocycles. The van der Waals surface area contributed by atoms with Crippen LogP contribution in [-0.2, 0) is 5.41 Å². The highest BCUT2D eigenvalue weighted by molar-refractivity contribution is 5.40. The van der Waals surface area contributed by atoms with Gasteiger partial charge in [0, 0.05) is 0 Å². The molecule has 17 heavy (non-hydrogen) atoms. The molecule has 0 saturated carbocycles. The van der Waals surface area contributed by atoms with Crippen molar-refractivity contribution < 1.29 is 4.39 Å². The summed E-state index contributed by atoms with van der Waals surface area (Å²) in [5, 5.41) is 0. The van der Waals surface area contributed by atoms with E-state index in [0.717, 1.165) is 11.1 Å². The molecule has 0 fully saturated rings. The maximum atomic E-state index is 14.0. The van der Waals surface area contributed by atoms with Crippen LogP contribution in [0.4, 0.5) is 4.39 Å². The zero-order valence-corrected chi connectivity index (χ0v) is 12.2. The van der Waals surface area contributed by atoms with Gasteiger partial charge in [0.2, 0.25) is 0 Å². The molecule has 0 aliphatic heterocycles. The van der Waals surface area contributed by atoms with E-state index in [9.17, 15) is 4.39 Å². The highest BCUT2D eigenvalue weighted by atomic mass is 19.1. The van der Waals surface area contributed by atoms with Gasteiger partial charge in [0.05, 0.1) is 0 Å². The molecule has 96 valence electrons. The van der Waals surface area contributed by atoms with E-state index < -0.39 is 0 Å². The molecule has 1 rings (SSSR count). The number of hydrogen-bond donors (Lipinski definition) is 0. The average molecular weight is 236 g/mol. The number of benzene rings is 1. The van der Waals surface area contributed by atoms with Gasteiger partial charge in [0.15, 0.2) is 0 Å². The first-order valence-corrected chi connectivity index (χ1v) is 6.48. The van der Waals surface area contributed by atoms with E-state index >= 15 is 0 Å². The Labute approximate surface area is 105 Å². The highest BCUT2D eigenvalue weighted by Gasteiger charge is 2.22. The molecule has 1 aromatic rings. The summed E-state index contributed by atoms with van der Waals surface area (Å²) in [7, 11) is 0. The van der Waals surface area contributed by atoms with Crippen molar-refractivity contribution in [1.82, 2.24) is 0 Å². The molecule has 0 atom stereocenters. The van der Waals surface area contributed by atoms with E-state index in [4.69, 9.17) is 0 Å². The molecule has 0 aliphatic rings. The summed E-state index contributed by atoms with van der Waals surface area (Å²) >= 11 is 0. The average Bonchev–Trinajstić information content (AvgIpc) is 2.14. The van der Waals surface area contributed by atoms with Crippen molar-refractivity contribution in [3.8, 4) is 0 Å². The Balaban J connectivity index is 3.48. The molecule has 0 radical (unpaired) electrons. The van der Waals surface area contributed by atoms with Crippen LogP contribution in [0.25, 0.3) is 0 Å². The number of halogens is 1. The van der Waals surface area contributed by atoms with Crippen molar-refractivity contribution in [1.29, 1.82) is 0 Å². The predicted molar refractivity (Wildman–Crippen MR) is 73.3 cm³/mol. The van der Waals surface area contributed by atoms with E-state index in [1.807, 2.05) is 13.8 Å². The first kappa shape index (κ1) is 14.2. The molecular formula is C16H25F. The molecule has 0 saturated heterocycles. The van der Waals surface area contributed by atoms with Gasteiger partial charge in [0.1, 0.15) is 5.82 Å². The Morgan fingerprint density at radius 3 is 1.71 bits per heavy atom. The smallest absolute Gasteiger partial charge is 0.126 e. The van der Waals surface area contributed by atoms with Crippen LogP contribution in [0.1, 0.15) is 77.0 Å². The first-order valence-electron chi connectivity index (χ1n) is 6.48. The van der Waals surface area contributed by atoms with Gasteiger partial charge in [-0.05, 0) is 40.0 Å². The van der Waals surface area contributed by atoms with Crippen LogP contribution in [-0.4, -0.2) is 0 Å². The van der Waals surface area contributed by atoms with E-state index in [-0.39, 0.29) is 17.2 Å². The van der Waals surface area contributed by atoms with Crippen molar-refractivity contribution in [2.75, 3.05) is 0 Å². The quantitative estimate of drug-likeness (QED) is 0.647. The van der Waals surface area contributed by atoms with Crippen molar-refractivity contribution in [3.63, 3.8) is 0 Å². The summed E-state index contributed by atoms with van der Waals surface area (Å²) in [6.07, 6.45) is 0. The van der Waals surface area contributed by atoms with Crippen LogP contribution >= 0.6 is 0 Å². The van der Waals surface area contributed by atoms with E-state index in [2.05, 4.69) is 40.7 Å². The topological polar surface area (TPSA) is 0 Å². The zero-order valence-electron chi connectivity index (χ0n) is 12.2. The summed E-state index contributed by atoms with van der Waals surface area (Å²) in [5.41, 5.74) is 3.31. The summed E-state index contributed by atoms with van der Waals surface area (Å²) in [6, 6.07) is 3.80. The summed E-state index contributed by atoms with van der Waals surface area (Å²) < 4.78 is 14.0. The van der Waals surface area contributed by atoms with Crippen molar-refractivity contribution >= 4 is 0 Å². The number of hydrogen-bond acceptors (Lipinski definition) is 0. The lowest BCUT2D eigenvalue weighted by Gasteiger charge is -2.26. The zero-order chi connectivity index (χ0) is 13.4. The van der Waals surface area contributed by atoms with E-state index in [1.165, 1.54) is 5.56 Å². The first-order chi connectivity index (χ1) is 7.64. The van der Waals surface area contributed by atoms with Crippen molar-refractivity contribution in [2.45, 2.75) is 65.7 Å². The van der Waals surface area contributed by atoms with Gasteiger partial charge in [-0.2, -0.15) is 0 Å². The Kier molecular flexibility index (Phi) is 4.01. The molecule has 1 aromatic carbocycles. The minimum absolute atomic E-state index is 0.0586. The highest BCUT2D eigenvalue weighted by Crippen LogP contribution is 2.34. The van der Waals surface area contributed by atoms with Crippen molar-refractivity contribution in [2.24, 2.45) is 0 Å². The van der Waals surface area contributed by atoms with Crippen LogP contribution in [0.5, 0.6) is 0 Å². The summed E-state index contributed by atoms with van der Waals surface area (Å²) in [4.78, 5) is 0. The second-order valence-electron chi connectivity index (χ2n) is 6.52. The van der Waals surface area contributed by atoms with Crippen LogP contribution in [0, 0.1) is 5.82 Å². The molecule has 0 bridgehead atoms. The third-order valence-corrected chi connectivity index (χ3v) is 3.22. The predicted octanol–water partition coefficient (Wildman–Crippen LogP) is 5.37. The monoisotopic (exact) mass is 236 g/mol. The van der Waals surface area contributed by atoms with Crippen molar-refractivity contribution in [3.05, 3.63) is 34.6 Å². The summed E-state index contributed by atoms with van der Waals surface area (Å²) in [5.74, 6) is 0.536. The van der Waals surface area contributed by atoms with Gasteiger partial charge < -0.3 is 0 Å². The third-order valence-electron chi connectivity index (χ3n) is 3.22. The fourth-order valence-electron chi connectivity index (χ4n) is 2.18. The minimum atomic E-state index is -0.0586. The van der Waals surface area contributed by atoms with Crippen LogP contribution in [0.15, 0.2) is 12.1 Å². The second kappa shape index (κ2) is 4.80. The Hall–Kier alpha value is -0.850.